The summed E-state index contributed by atoms with van der Waals surface area (Å²) in [6.07, 6.45) is -2.90. The van der Waals surface area contributed by atoms with E-state index in [1.54, 1.807) is 28.7 Å². The number of hydrogen-bond donors (Lipinski definition) is 1. The summed E-state index contributed by atoms with van der Waals surface area (Å²) in [5.74, 6) is -1.42. The third-order valence-electron chi connectivity index (χ3n) is 1.70. The molecule has 0 aromatic heterocycles. The van der Waals surface area contributed by atoms with Crippen LogP contribution < -0.4 is 0 Å². The molecular weight excluding hydrogens is 319 g/mol. The lowest BCUT2D eigenvalue weighted by atomic mass is 10.0. The van der Waals surface area contributed by atoms with Crippen molar-refractivity contribution in [1.29, 1.82) is 5.26 Å². The van der Waals surface area contributed by atoms with Crippen LogP contribution in [-0.2, 0) is 0 Å². The molecule has 0 saturated heterocycles. The Kier molecular flexibility index (Phi) is 3.57. The van der Waals surface area contributed by atoms with Crippen LogP contribution in [0.5, 0.6) is 0 Å². The third-order valence-corrected chi connectivity index (χ3v) is 2.55. The summed E-state index contributed by atoms with van der Waals surface area (Å²) in [4.78, 5) is 10.7. The van der Waals surface area contributed by atoms with E-state index < -0.39 is 23.5 Å². The largest absolute Gasteiger partial charge is 0.478 e. The third kappa shape index (κ3) is 2.41. The van der Waals surface area contributed by atoms with Crippen molar-refractivity contribution in [2.45, 2.75) is 6.43 Å². The molecule has 0 radical (unpaired) electrons. The van der Waals surface area contributed by atoms with Gasteiger partial charge in [-0.3, -0.25) is 0 Å². The van der Waals surface area contributed by atoms with Gasteiger partial charge in [-0.25, -0.2) is 13.6 Å². The number of aromatic carboxylic acids is 1. The van der Waals surface area contributed by atoms with Crippen LogP contribution in [0.1, 0.15) is 27.9 Å². The summed E-state index contributed by atoms with van der Waals surface area (Å²) in [6.45, 7) is 0. The standard InChI is InChI=1S/C9H4F2INO2/c10-8(11)5-1-4(3-13)2-6(12)7(5)9(14)15/h1-2,8H,(H,14,15). The van der Waals surface area contributed by atoms with Gasteiger partial charge in [0.25, 0.3) is 6.43 Å². The smallest absolute Gasteiger partial charge is 0.337 e. The molecule has 0 saturated carbocycles. The van der Waals surface area contributed by atoms with Gasteiger partial charge >= 0.3 is 5.97 Å². The van der Waals surface area contributed by atoms with Gasteiger partial charge in [-0.2, -0.15) is 5.26 Å². The van der Waals surface area contributed by atoms with Gasteiger partial charge in [0.05, 0.1) is 17.2 Å². The maximum absolute atomic E-state index is 12.5. The Morgan fingerprint density at radius 1 is 1.53 bits per heavy atom. The highest BCUT2D eigenvalue weighted by Crippen LogP contribution is 2.28. The number of alkyl halides is 2. The van der Waals surface area contributed by atoms with Gasteiger partial charge in [0.2, 0.25) is 0 Å². The lowest BCUT2D eigenvalue weighted by Crippen LogP contribution is -2.06. The first-order valence-electron chi connectivity index (χ1n) is 3.72. The SMILES string of the molecule is N#Cc1cc(I)c(C(=O)O)c(C(F)F)c1. The first-order chi connectivity index (χ1) is 6.97. The fourth-order valence-corrected chi connectivity index (χ4v) is 1.97. The van der Waals surface area contributed by atoms with Crippen molar-refractivity contribution in [3.63, 3.8) is 0 Å². The lowest BCUT2D eigenvalue weighted by Gasteiger charge is -2.07. The molecule has 0 aliphatic carbocycles. The minimum absolute atomic E-state index is 0.0275. The minimum atomic E-state index is -2.90. The molecule has 0 aliphatic rings. The summed E-state index contributed by atoms with van der Waals surface area (Å²) in [6, 6.07) is 3.86. The van der Waals surface area contributed by atoms with Crippen LogP contribution in [0, 0.1) is 14.9 Å². The van der Waals surface area contributed by atoms with Crippen molar-refractivity contribution in [3.8, 4) is 6.07 Å². The Hall–Kier alpha value is -1.23. The summed E-state index contributed by atoms with van der Waals surface area (Å²) < 4.78 is 25.2. The van der Waals surface area contributed by atoms with Gasteiger partial charge in [-0.1, -0.05) is 0 Å². The Balaban J connectivity index is 3.51. The van der Waals surface area contributed by atoms with Gasteiger partial charge in [-0.15, -0.1) is 0 Å². The molecule has 0 spiro atoms. The van der Waals surface area contributed by atoms with Crippen molar-refractivity contribution in [2.24, 2.45) is 0 Å². The first kappa shape index (κ1) is 11.8. The number of carboxylic acid groups (broad SMARTS) is 1. The van der Waals surface area contributed by atoms with E-state index in [1.807, 2.05) is 0 Å². The van der Waals surface area contributed by atoms with Gasteiger partial charge in [0.15, 0.2) is 0 Å². The van der Waals surface area contributed by atoms with Crippen LogP contribution in [0.15, 0.2) is 12.1 Å². The number of carboxylic acids is 1. The molecule has 0 heterocycles. The van der Waals surface area contributed by atoms with E-state index in [9.17, 15) is 13.6 Å². The van der Waals surface area contributed by atoms with Crippen LogP contribution in [0.3, 0.4) is 0 Å². The second-order valence-corrected chi connectivity index (χ2v) is 3.80. The predicted octanol–water partition coefficient (Wildman–Crippen LogP) is 2.80. The molecule has 3 nitrogen and oxygen atoms in total. The van der Waals surface area contributed by atoms with Gasteiger partial charge < -0.3 is 5.11 Å². The average Bonchev–Trinajstić information content (AvgIpc) is 2.15. The van der Waals surface area contributed by atoms with Crippen molar-refractivity contribution >= 4 is 28.6 Å². The highest BCUT2D eigenvalue weighted by Gasteiger charge is 2.21. The molecular formula is C9H4F2INO2. The zero-order valence-electron chi connectivity index (χ0n) is 7.17. The van der Waals surface area contributed by atoms with Gasteiger partial charge in [-0.05, 0) is 34.7 Å². The number of hydrogen-bond acceptors (Lipinski definition) is 2. The van der Waals surface area contributed by atoms with E-state index in [1.165, 1.54) is 6.07 Å². The quantitative estimate of drug-likeness (QED) is 0.852. The van der Waals surface area contributed by atoms with Gasteiger partial charge in [0, 0.05) is 9.13 Å². The topological polar surface area (TPSA) is 61.1 Å². The van der Waals surface area contributed by atoms with E-state index in [0.717, 1.165) is 6.07 Å². The van der Waals surface area contributed by atoms with E-state index in [0.29, 0.717) is 0 Å². The molecule has 1 aromatic rings. The van der Waals surface area contributed by atoms with E-state index in [4.69, 9.17) is 10.4 Å². The highest BCUT2D eigenvalue weighted by molar-refractivity contribution is 14.1. The molecule has 78 valence electrons. The molecule has 15 heavy (non-hydrogen) atoms. The molecule has 0 atom stereocenters. The first-order valence-corrected chi connectivity index (χ1v) is 4.80. The zero-order chi connectivity index (χ0) is 11.6. The second-order valence-electron chi connectivity index (χ2n) is 2.64. The fraction of sp³-hybridized carbons (Fsp3) is 0.111. The molecule has 0 amide bonds. The molecule has 0 aliphatic heterocycles. The monoisotopic (exact) mass is 323 g/mol. The van der Waals surface area contributed by atoms with Crippen molar-refractivity contribution in [3.05, 3.63) is 32.4 Å². The van der Waals surface area contributed by atoms with Crippen LogP contribution in [0.4, 0.5) is 8.78 Å². The molecule has 0 unspecified atom stereocenters. The molecule has 6 heteroatoms. The van der Waals surface area contributed by atoms with E-state index in [-0.39, 0.29) is 9.13 Å². The maximum Gasteiger partial charge on any atom is 0.337 e. The number of rotatable bonds is 2. The van der Waals surface area contributed by atoms with Crippen molar-refractivity contribution < 1.29 is 18.7 Å². The number of nitrogens with zero attached hydrogens (tertiary/aromatic N) is 1. The average molecular weight is 323 g/mol. The Morgan fingerprint density at radius 2 is 2.13 bits per heavy atom. The van der Waals surface area contributed by atoms with Crippen molar-refractivity contribution in [1.82, 2.24) is 0 Å². The van der Waals surface area contributed by atoms with E-state index >= 15 is 0 Å². The minimum Gasteiger partial charge on any atom is -0.478 e. The zero-order valence-corrected chi connectivity index (χ0v) is 9.33. The van der Waals surface area contributed by atoms with Crippen LogP contribution in [0.25, 0.3) is 0 Å². The fourth-order valence-electron chi connectivity index (χ4n) is 1.09. The van der Waals surface area contributed by atoms with Crippen LogP contribution in [-0.4, -0.2) is 11.1 Å². The molecule has 1 rings (SSSR count). The lowest BCUT2D eigenvalue weighted by molar-refractivity contribution is 0.0683. The maximum atomic E-state index is 12.5. The van der Waals surface area contributed by atoms with Crippen LogP contribution >= 0.6 is 22.6 Å². The summed E-state index contributed by atoms with van der Waals surface area (Å²) in [5, 5.41) is 17.3. The second kappa shape index (κ2) is 4.53. The molecule has 1 N–H and O–H groups in total. The Bertz CT molecular complexity index is 454. The predicted molar refractivity (Wildman–Crippen MR) is 55.8 cm³/mol. The number of carbonyl (C=O) groups is 1. The number of halogens is 3. The summed E-state index contributed by atoms with van der Waals surface area (Å²) in [5.41, 5.74) is -1.03. The normalized spacial score (nSPS) is 10.1. The Labute approximate surface area is 97.5 Å². The van der Waals surface area contributed by atoms with Crippen molar-refractivity contribution in [2.75, 3.05) is 0 Å². The Morgan fingerprint density at radius 3 is 2.53 bits per heavy atom. The van der Waals surface area contributed by atoms with Gasteiger partial charge in [0.1, 0.15) is 0 Å². The molecule has 0 bridgehead atoms. The molecule has 1 aromatic carbocycles. The van der Waals surface area contributed by atoms with E-state index in [2.05, 4.69) is 0 Å². The molecule has 0 fully saturated rings. The summed E-state index contributed by atoms with van der Waals surface area (Å²) in [7, 11) is 0. The summed E-state index contributed by atoms with van der Waals surface area (Å²) >= 11 is 1.62. The number of nitriles is 1. The van der Waals surface area contributed by atoms with Crippen LogP contribution in [0.2, 0.25) is 0 Å². The number of benzene rings is 1. The highest BCUT2D eigenvalue weighted by atomic mass is 127.